The zero-order valence-electron chi connectivity index (χ0n) is 20.0. The zero-order chi connectivity index (χ0) is 25.6. The maximum Gasteiger partial charge on any atom is 0.253 e. The largest absolute Gasteiger partial charge is 0.383 e. The topological polar surface area (TPSA) is 122 Å². The van der Waals surface area contributed by atoms with E-state index in [4.69, 9.17) is 10.7 Å². The van der Waals surface area contributed by atoms with Gasteiger partial charge in [0.05, 0.1) is 21.9 Å². The average Bonchev–Trinajstić information content (AvgIpc) is 3.28. The molecule has 1 amide bonds. The van der Waals surface area contributed by atoms with Gasteiger partial charge in [0.1, 0.15) is 17.2 Å². The number of nitrogens with one attached hydrogen (secondary N) is 1. The Balaban J connectivity index is 1.37. The standard InChI is InChI=1S/C25H27BrFN7O2/c1-25(2,36)24(35)33-7-5-17(6-8-33)29-13-20-21(26)22(28)34-23(32-20)18(12-31-34)15-9-14-10-16(27)3-4-19(14)30-11-15/h3-4,9-12,17,29,36H,5-8,13,28H2,1-2H3. The van der Waals surface area contributed by atoms with E-state index in [1.807, 2.05) is 6.07 Å². The fourth-order valence-electron chi connectivity index (χ4n) is 4.53. The number of pyridine rings is 1. The minimum atomic E-state index is -1.36. The maximum absolute atomic E-state index is 13.7. The van der Waals surface area contributed by atoms with Crippen molar-refractivity contribution in [3.8, 4) is 11.1 Å². The summed E-state index contributed by atoms with van der Waals surface area (Å²) in [4.78, 5) is 23.3. The summed E-state index contributed by atoms with van der Waals surface area (Å²) in [6.07, 6.45) is 4.94. The molecule has 36 heavy (non-hydrogen) atoms. The van der Waals surface area contributed by atoms with Gasteiger partial charge in [0.2, 0.25) is 0 Å². The van der Waals surface area contributed by atoms with Crippen molar-refractivity contribution in [2.75, 3.05) is 18.8 Å². The summed E-state index contributed by atoms with van der Waals surface area (Å²) < 4.78 is 16.0. The van der Waals surface area contributed by atoms with Gasteiger partial charge in [-0.3, -0.25) is 9.78 Å². The minimum absolute atomic E-state index is 0.200. The first-order valence-electron chi connectivity index (χ1n) is 11.7. The molecule has 1 aliphatic heterocycles. The van der Waals surface area contributed by atoms with Crippen molar-refractivity contribution in [1.29, 1.82) is 0 Å². The van der Waals surface area contributed by atoms with E-state index in [2.05, 4.69) is 31.3 Å². The third-order valence-corrected chi connectivity index (χ3v) is 7.37. The molecule has 4 heterocycles. The van der Waals surface area contributed by atoms with Gasteiger partial charge in [0, 0.05) is 48.4 Å². The Morgan fingerprint density at radius 2 is 2.03 bits per heavy atom. The summed E-state index contributed by atoms with van der Waals surface area (Å²) in [5.41, 5.74) is 8.53. The Labute approximate surface area is 215 Å². The molecule has 0 saturated carbocycles. The van der Waals surface area contributed by atoms with Crippen LogP contribution in [-0.2, 0) is 11.3 Å². The number of nitrogen functional groups attached to an aromatic ring is 1. The first kappa shape index (κ1) is 24.5. The number of carbonyl (C=O) groups is 1. The number of nitrogens with zero attached hydrogens (tertiary/aromatic N) is 5. The van der Waals surface area contributed by atoms with Crippen LogP contribution in [0.1, 0.15) is 32.4 Å². The highest BCUT2D eigenvalue weighted by atomic mass is 79.9. The summed E-state index contributed by atoms with van der Waals surface area (Å²) >= 11 is 3.56. The number of anilines is 1. The highest BCUT2D eigenvalue weighted by Crippen LogP contribution is 2.31. The van der Waals surface area contributed by atoms with Crippen LogP contribution in [0.2, 0.25) is 0 Å². The van der Waals surface area contributed by atoms with Gasteiger partial charge in [-0.15, -0.1) is 0 Å². The minimum Gasteiger partial charge on any atom is -0.383 e. The fraction of sp³-hybridized carbons (Fsp3) is 0.360. The van der Waals surface area contributed by atoms with Crippen molar-refractivity contribution in [1.82, 2.24) is 29.8 Å². The van der Waals surface area contributed by atoms with Gasteiger partial charge in [-0.25, -0.2) is 9.37 Å². The number of rotatable bonds is 5. The molecule has 1 fully saturated rings. The third-order valence-electron chi connectivity index (χ3n) is 6.51. The molecule has 0 unspecified atom stereocenters. The Morgan fingerprint density at radius 3 is 2.75 bits per heavy atom. The molecule has 3 aromatic heterocycles. The van der Waals surface area contributed by atoms with E-state index in [1.165, 1.54) is 26.0 Å². The lowest BCUT2D eigenvalue weighted by molar-refractivity contribution is -0.149. The lowest BCUT2D eigenvalue weighted by atomic mass is 10.0. The lowest BCUT2D eigenvalue weighted by Crippen LogP contribution is -2.51. The molecule has 1 aliphatic rings. The predicted molar refractivity (Wildman–Crippen MR) is 139 cm³/mol. The number of aromatic nitrogens is 4. The Hall–Kier alpha value is -3.15. The van der Waals surface area contributed by atoms with E-state index in [0.29, 0.717) is 46.5 Å². The molecule has 0 atom stereocenters. The van der Waals surface area contributed by atoms with Crippen LogP contribution in [0.4, 0.5) is 10.2 Å². The highest BCUT2D eigenvalue weighted by molar-refractivity contribution is 9.10. The van der Waals surface area contributed by atoms with Crippen molar-refractivity contribution in [3.63, 3.8) is 0 Å². The van der Waals surface area contributed by atoms with Crippen molar-refractivity contribution in [3.05, 3.63) is 52.6 Å². The van der Waals surface area contributed by atoms with Crippen LogP contribution in [0, 0.1) is 5.82 Å². The Bertz CT molecular complexity index is 1460. The smallest absolute Gasteiger partial charge is 0.253 e. The number of fused-ring (bicyclic) bond motifs is 2. The second-order valence-corrected chi connectivity index (χ2v) is 10.4. The van der Waals surface area contributed by atoms with Crippen molar-refractivity contribution >= 4 is 44.2 Å². The second-order valence-electron chi connectivity index (χ2n) is 9.62. The quantitative estimate of drug-likeness (QED) is 0.345. The SMILES string of the molecule is CC(C)(O)C(=O)N1CCC(NCc2nc3c(-c4cnc5ccc(F)cc5c4)cnn3c(N)c2Br)CC1. The zero-order valence-corrected chi connectivity index (χ0v) is 21.6. The average molecular weight is 556 g/mol. The maximum atomic E-state index is 13.7. The predicted octanol–water partition coefficient (Wildman–Crippen LogP) is 3.28. The molecule has 11 heteroatoms. The molecule has 9 nitrogen and oxygen atoms in total. The second kappa shape index (κ2) is 9.38. The molecule has 5 rings (SSSR count). The molecule has 0 aliphatic carbocycles. The van der Waals surface area contributed by atoms with Crippen LogP contribution in [0.5, 0.6) is 0 Å². The number of halogens is 2. The van der Waals surface area contributed by atoms with Crippen LogP contribution in [0.3, 0.4) is 0 Å². The van der Waals surface area contributed by atoms with Gasteiger partial charge < -0.3 is 21.1 Å². The number of piperidine rings is 1. The molecule has 188 valence electrons. The third kappa shape index (κ3) is 4.65. The van der Waals surface area contributed by atoms with Crippen LogP contribution in [0.25, 0.3) is 27.7 Å². The summed E-state index contributed by atoms with van der Waals surface area (Å²) in [6, 6.07) is 6.55. The number of nitrogens with two attached hydrogens (primary N) is 1. The fourth-order valence-corrected chi connectivity index (χ4v) is 4.93. The van der Waals surface area contributed by atoms with E-state index in [9.17, 15) is 14.3 Å². The van der Waals surface area contributed by atoms with Gasteiger partial charge in [-0.1, -0.05) is 0 Å². The van der Waals surface area contributed by atoms with Gasteiger partial charge in [0.25, 0.3) is 5.91 Å². The molecule has 0 bridgehead atoms. The van der Waals surface area contributed by atoms with Crippen LogP contribution < -0.4 is 11.1 Å². The first-order valence-corrected chi connectivity index (χ1v) is 12.5. The van der Waals surface area contributed by atoms with Crippen LogP contribution in [-0.4, -0.2) is 60.2 Å². The molecule has 1 saturated heterocycles. The van der Waals surface area contributed by atoms with E-state index in [0.717, 1.165) is 29.7 Å². The van der Waals surface area contributed by atoms with Crippen molar-refractivity contribution < 1.29 is 14.3 Å². The number of benzene rings is 1. The molecular weight excluding hydrogens is 529 g/mol. The van der Waals surface area contributed by atoms with Crippen molar-refractivity contribution in [2.24, 2.45) is 0 Å². The first-order chi connectivity index (χ1) is 17.1. The number of carbonyl (C=O) groups excluding carboxylic acids is 1. The summed E-state index contributed by atoms with van der Waals surface area (Å²) in [7, 11) is 0. The van der Waals surface area contributed by atoms with Crippen LogP contribution in [0.15, 0.2) is 41.1 Å². The van der Waals surface area contributed by atoms with Crippen molar-refractivity contribution in [2.45, 2.75) is 44.9 Å². The number of likely N-dealkylation sites (tertiary alicyclic amines) is 1. The van der Waals surface area contributed by atoms with E-state index in [-0.39, 0.29) is 17.8 Å². The highest BCUT2D eigenvalue weighted by Gasteiger charge is 2.32. The van der Waals surface area contributed by atoms with Gasteiger partial charge in [-0.05, 0) is 66.9 Å². The van der Waals surface area contributed by atoms with E-state index < -0.39 is 5.60 Å². The number of amides is 1. The van der Waals surface area contributed by atoms with E-state index >= 15 is 0 Å². The molecule has 1 aromatic carbocycles. The number of aliphatic hydroxyl groups is 1. The van der Waals surface area contributed by atoms with Crippen LogP contribution >= 0.6 is 15.9 Å². The molecule has 4 aromatic rings. The molecule has 4 N–H and O–H groups in total. The Kier molecular flexibility index (Phi) is 6.39. The Morgan fingerprint density at radius 1 is 1.28 bits per heavy atom. The lowest BCUT2D eigenvalue weighted by Gasteiger charge is -2.35. The molecule has 0 radical (unpaired) electrons. The van der Waals surface area contributed by atoms with E-state index in [1.54, 1.807) is 27.9 Å². The summed E-state index contributed by atoms with van der Waals surface area (Å²) in [5.74, 6) is -0.146. The number of hydrogen-bond donors (Lipinski definition) is 3. The van der Waals surface area contributed by atoms with Gasteiger partial charge >= 0.3 is 0 Å². The molecule has 0 spiro atoms. The summed E-state index contributed by atoms with van der Waals surface area (Å²) in [5, 5.41) is 18.6. The monoisotopic (exact) mass is 555 g/mol. The number of hydrogen-bond acceptors (Lipinski definition) is 7. The molecular formula is C25H27BrFN7O2. The normalized spacial score (nSPS) is 15.2. The summed E-state index contributed by atoms with van der Waals surface area (Å²) in [6.45, 7) is 4.66. The van der Waals surface area contributed by atoms with Gasteiger partial charge in [0.15, 0.2) is 5.65 Å². The van der Waals surface area contributed by atoms with Gasteiger partial charge in [-0.2, -0.15) is 9.61 Å².